The van der Waals surface area contributed by atoms with Gasteiger partial charge in [-0.1, -0.05) is 0 Å². The van der Waals surface area contributed by atoms with Crippen LogP contribution in [0.2, 0.25) is 0 Å². The van der Waals surface area contributed by atoms with E-state index in [1.165, 1.54) is 47.5 Å². The maximum Gasteiger partial charge on any atom is 0.266 e. The molecule has 2 atom stereocenters. The number of rotatable bonds is 6. The first-order chi connectivity index (χ1) is 12.2. The second kappa shape index (κ2) is 7.53. The van der Waals surface area contributed by atoms with E-state index in [1.54, 1.807) is 6.20 Å². The zero-order valence-electron chi connectivity index (χ0n) is 14.3. The highest BCUT2D eigenvalue weighted by molar-refractivity contribution is 7.16. The van der Waals surface area contributed by atoms with Gasteiger partial charge in [0, 0.05) is 25.2 Å². The summed E-state index contributed by atoms with van der Waals surface area (Å²) in [6, 6.07) is 2.62. The largest absolute Gasteiger partial charge is 0.381 e. The minimum Gasteiger partial charge on any atom is -0.381 e. The van der Waals surface area contributed by atoms with E-state index in [-0.39, 0.29) is 5.91 Å². The van der Waals surface area contributed by atoms with Crippen LogP contribution in [0.4, 0.5) is 5.00 Å². The fourth-order valence-electron chi connectivity index (χ4n) is 3.31. The van der Waals surface area contributed by atoms with E-state index in [4.69, 9.17) is 4.74 Å². The van der Waals surface area contributed by atoms with Gasteiger partial charge in [-0.3, -0.25) is 4.79 Å². The van der Waals surface area contributed by atoms with Crippen LogP contribution in [0.1, 0.15) is 45.4 Å². The molecule has 5 nitrogen and oxygen atoms in total. The monoisotopic (exact) mass is 377 g/mol. The molecule has 0 radical (unpaired) electrons. The van der Waals surface area contributed by atoms with Gasteiger partial charge in [-0.25, -0.2) is 4.98 Å². The number of carbonyl (C=O) groups is 1. The number of ether oxygens (including phenoxy) is 1. The molecule has 1 aliphatic heterocycles. The van der Waals surface area contributed by atoms with Gasteiger partial charge in [-0.15, -0.1) is 22.7 Å². The molecule has 2 aliphatic rings. The number of nitrogens with zero attached hydrogens (tertiary/aromatic N) is 1. The Labute approximate surface area is 155 Å². The molecule has 3 heterocycles. The van der Waals surface area contributed by atoms with Crippen molar-refractivity contribution in [1.82, 2.24) is 10.3 Å². The molecule has 1 aliphatic carbocycles. The Kier molecular flexibility index (Phi) is 5.17. The standard InChI is InChI=1S/C18H23N3O2S2/c1-11-19-9-17(25-11)21-18(22)16-6-13(10-24-16)14-7-15(14)20-8-12-2-4-23-5-3-12/h6,9-10,12,14-15,20H,2-5,7-8H2,1H3,(H,21,22). The highest BCUT2D eigenvalue weighted by Crippen LogP contribution is 2.42. The molecule has 25 heavy (non-hydrogen) atoms. The molecule has 0 spiro atoms. The number of hydrogen-bond acceptors (Lipinski definition) is 6. The summed E-state index contributed by atoms with van der Waals surface area (Å²) >= 11 is 3.03. The Balaban J connectivity index is 1.27. The molecule has 2 N–H and O–H groups in total. The molecule has 4 rings (SSSR count). The molecule has 1 amide bonds. The fourth-order valence-corrected chi connectivity index (χ4v) is 4.86. The van der Waals surface area contributed by atoms with Crippen LogP contribution in [0.5, 0.6) is 0 Å². The van der Waals surface area contributed by atoms with Crippen molar-refractivity contribution in [3.8, 4) is 0 Å². The molecule has 7 heteroatoms. The third-order valence-electron chi connectivity index (χ3n) is 4.93. The van der Waals surface area contributed by atoms with E-state index >= 15 is 0 Å². The Morgan fingerprint density at radius 2 is 2.24 bits per heavy atom. The summed E-state index contributed by atoms with van der Waals surface area (Å²) in [5.74, 6) is 1.28. The molecule has 2 fully saturated rings. The Hall–Kier alpha value is -1.28. The van der Waals surface area contributed by atoms with Gasteiger partial charge in [0.1, 0.15) is 5.00 Å². The van der Waals surface area contributed by atoms with E-state index in [2.05, 4.69) is 27.1 Å². The lowest BCUT2D eigenvalue weighted by Gasteiger charge is -2.22. The zero-order chi connectivity index (χ0) is 17.2. The third-order valence-corrected chi connectivity index (χ3v) is 6.71. The first kappa shape index (κ1) is 17.1. The van der Waals surface area contributed by atoms with Gasteiger partial charge in [-0.2, -0.15) is 0 Å². The van der Waals surface area contributed by atoms with Crippen LogP contribution in [-0.2, 0) is 4.74 Å². The molecule has 2 aromatic heterocycles. The van der Waals surface area contributed by atoms with E-state index in [1.807, 2.05) is 6.92 Å². The lowest BCUT2D eigenvalue weighted by atomic mass is 10.0. The summed E-state index contributed by atoms with van der Waals surface area (Å²) in [5.41, 5.74) is 1.29. The molecule has 1 saturated carbocycles. The van der Waals surface area contributed by atoms with Crippen molar-refractivity contribution in [2.24, 2.45) is 5.92 Å². The van der Waals surface area contributed by atoms with Crippen molar-refractivity contribution >= 4 is 33.6 Å². The van der Waals surface area contributed by atoms with E-state index in [0.717, 1.165) is 40.6 Å². The highest BCUT2D eigenvalue weighted by Gasteiger charge is 2.39. The average molecular weight is 378 g/mol. The van der Waals surface area contributed by atoms with Crippen LogP contribution in [0.25, 0.3) is 0 Å². The first-order valence-corrected chi connectivity index (χ1v) is 10.5. The van der Waals surface area contributed by atoms with Crippen LogP contribution in [0, 0.1) is 12.8 Å². The number of thiazole rings is 1. The number of thiophene rings is 1. The van der Waals surface area contributed by atoms with Crippen LogP contribution in [0.3, 0.4) is 0 Å². The third kappa shape index (κ3) is 4.28. The lowest BCUT2D eigenvalue weighted by molar-refractivity contribution is 0.0662. The molecular weight excluding hydrogens is 354 g/mol. The summed E-state index contributed by atoms with van der Waals surface area (Å²) < 4.78 is 5.41. The summed E-state index contributed by atoms with van der Waals surface area (Å²) in [6.07, 6.45) is 5.23. The van der Waals surface area contributed by atoms with Crippen molar-refractivity contribution in [2.75, 3.05) is 25.1 Å². The summed E-state index contributed by atoms with van der Waals surface area (Å²) in [5, 5.41) is 10.5. The molecule has 134 valence electrons. The SMILES string of the molecule is Cc1ncc(NC(=O)c2cc(C3CC3NCC3CCOCC3)cs2)s1. The maximum atomic E-state index is 12.3. The zero-order valence-corrected chi connectivity index (χ0v) is 15.9. The number of aryl methyl sites for hydroxylation is 1. The van der Waals surface area contributed by atoms with Crippen molar-refractivity contribution < 1.29 is 9.53 Å². The van der Waals surface area contributed by atoms with Gasteiger partial charge in [0.2, 0.25) is 0 Å². The molecule has 0 aromatic carbocycles. The quantitative estimate of drug-likeness (QED) is 0.807. The van der Waals surface area contributed by atoms with Gasteiger partial charge in [0.25, 0.3) is 5.91 Å². The number of carbonyl (C=O) groups excluding carboxylic acids is 1. The maximum absolute atomic E-state index is 12.3. The molecule has 2 unspecified atom stereocenters. The highest BCUT2D eigenvalue weighted by atomic mass is 32.1. The summed E-state index contributed by atoms with van der Waals surface area (Å²) in [6.45, 7) is 4.84. The van der Waals surface area contributed by atoms with E-state index < -0.39 is 0 Å². The predicted octanol–water partition coefficient (Wildman–Crippen LogP) is 3.64. The van der Waals surface area contributed by atoms with E-state index in [0.29, 0.717) is 12.0 Å². The fraction of sp³-hybridized carbons (Fsp3) is 0.556. The van der Waals surface area contributed by atoms with Crippen LogP contribution < -0.4 is 10.6 Å². The van der Waals surface area contributed by atoms with Gasteiger partial charge in [0.15, 0.2) is 0 Å². The molecule has 2 aromatic rings. The number of nitrogens with one attached hydrogen (secondary N) is 2. The number of anilines is 1. The normalized spacial score (nSPS) is 23.6. The Morgan fingerprint density at radius 1 is 1.40 bits per heavy atom. The van der Waals surface area contributed by atoms with Crippen molar-refractivity contribution in [1.29, 1.82) is 0 Å². The van der Waals surface area contributed by atoms with Gasteiger partial charge in [0.05, 0.1) is 16.1 Å². The van der Waals surface area contributed by atoms with Gasteiger partial charge in [-0.05, 0) is 55.7 Å². The summed E-state index contributed by atoms with van der Waals surface area (Å²) in [7, 11) is 0. The number of amides is 1. The van der Waals surface area contributed by atoms with Crippen molar-refractivity contribution in [2.45, 2.75) is 38.1 Å². The number of aromatic nitrogens is 1. The van der Waals surface area contributed by atoms with E-state index in [9.17, 15) is 4.79 Å². The second-order valence-corrected chi connectivity index (χ2v) is 9.00. The van der Waals surface area contributed by atoms with Gasteiger partial charge < -0.3 is 15.4 Å². The van der Waals surface area contributed by atoms with Crippen LogP contribution in [-0.4, -0.2) is 36.7 Å². The van der Waals surface area contributed by atoms with Crippen molar-refractivity contribution in [3.05, 3.63) is 33.1 Å². The summed E-state index contributed by atoms with van der Waals surface area (Å²) in [4.78, 5) is 17.3. The Morgan fingerprint density at radius 3 is 3.00 bits per heavy atom. The smallest absolute Gasteiger partial charge is 0.266 e. The molecule has 0 bridgehead atoms. The first-order valence-electron chi connectivity index (χ1n) is 8.82. The predicted molar refractivity (Wildman–Crippen MR) is 102 cm³/mol. The molecule has 1 saturated heterocycles. The van der Waals surface area contributed by atoms with Gasteiger partial charge >= 0.3 is 0 Å². The Bertz CT molecular complexity index is 736. The van der Waals surface area contributed by atoms with Crippen LogP contribution >= 0.6 is 22.7 Å². The minimum atomic E-state index is -0.0349. The lowest BCUT2D eigenvalue weighted by Crippen LogP contribution is -2.29. The topological polar surface area (TPSA) is 63.2 Å². The minimum absolute atomic E-state index is 0.0349. The number of hydrogen-bond donors (Lipinski definition) is 2. The van der Waals surface area contributed by atoms with Crippen molar-refractivity contribution in [3.63, 3.8) is 0 Å². The second-order valence-electron chi connectivity index (χ2n) is 6.85. The molecular formula is C18H23N3O2S2. The average Bonchev–Trinajstić information content (AvgIpc) is 3.02. The van der Waals surface area contributed by atoms with Crippen LogP contribution in [0.15, 0.2) is 17.6 Å².